The van der Waals surface area contributed by atoms with Crippen molar-refractivity contribution in [1.82, 2.24) is 10.6 Å². The van der Waals surface area contributed by atoms with E-state index in [1.54, 1.807) is 25.1 Å². The monoisotopic (exact) mass is 364 g/mol. The lowest BCUT2D eigenvalue weighted by molar-refractivity contribution is -0.0487. The van der Waals surface area contributed by atoms with Gasteiger partial charge in [-0.1, -0.05) is 0 Å². The molecule has 7 heteroatoms. The largest absolute Gasteiger partial charge is 0.493 e. The van der Waals surface area contributed by atoms with Crippen LogP contribution in [0.15, 0.2) is 22.6 Å². The van der Waals surface area contributed by atoms with Crippen LogP contribution < -0.4 is 15.4 Å². The van der Waals surface area contributed by atoms with Crippen LogP contribution in [0.3, 0.4) is 0 Å². The second kappa shape index (κ2) is 6.54. The van der Waals surface area contributed by atoms with Crippen LogP contribution in [0.5, 0.6) is 5.75 Å². The van der Waals surface area contributed by atoms with Crippen molar-refractivity contribution in [3.05, 3.63) is 29.5 Å². The number of piperidine rings is 1. The lowest BCUT2D eigenvalue weighted by Gasteiger charge is -2.32. The van der Waals surface area contributed by atoms with E-state index in [4.69, 9.17) is 9.15 Å². The van der Waals surface area contributed by atoms with Gasteiger partial charge in [0, 0.05) is 5.39 Å². The van der Waals surface area contributed by atoms with Crippen molar-refractivity contribution in [2.24, 2.45) is 5.92 Å². The molecular weight excluding hydrogens is 342 g/mol. The third-order valence-electron chi connectivity index (χ3n) is 5.03. The molecule has 2 aromatic rings. The number of carbonyl (C=O) groups excluding carboxylic acids is 1. The Kier molecular flexibility index (Phi) is 4.34. The highest BCUT2D eigenvalue weighted by molar-refractivity contribution is 6.07. The third-order valence-corrected chi connectivity index (χ3v) is 5.03. The van der Waals surface area contributed by atoms with Crippen LogP contribution in [0.25, 0.3) is 11.0 Å². The van der Waals surface area contributed by atoms with Gasteiger partial charge >= 0.3 is 0 Å². The summed E-state index contributed by atoms with van der Waals surface area (Å²) < 4.78 is 39.4. The molecule has 2 fully saturated rings. The van der Waals surface area contributed by atoms with Gasteiger partial charge in [-0.25, -0.2) is 8.78 Å². The molecule has 0 bridgehead atoms. The quantitative estimate of drug-likeness (QED) is 0.855. The minimum Gasteiger partial charge on any atom is -0.493 e. The van der Waals surface area contributed by atoms with E-state index >= 15 is 0 Å². The van der Waals surface area contributed by atoms with Gasteiger partial charge in [0.05, 0.1) is 24.8 Å². The first-order valence-electron chi connectivity index (χ1n) is 8.99. The first-order chi connectivity index (χ1) is 12.4. The number of carbonyl (C=O) groups is 1. The van der Waals surface area contributed by atoms with E-state index in [0.717, 1.165) is 0 Å². The predicted molar refractivity (Wildman–Crippen MR) is 92.9 cm³/mol. The van der Waals surface area contributed by atoms with Crippen LogP contribution in [-0.4, -0.2) is 37.6 Å². The lowest BCUT2D eigenvalue weighted by Crippen LogP contribution is -2.57. The van der Waals surface area contributed by atoms with E-state index in [1.165, 1.54) is 12.8 Å². The van der Waals surface area contributed by atoms with Gasteiger partial charge in [0.15, 0.2) is 0 Å². The topological polar surface area (TPSA) is 63.5 Å². The van der Waals surface area contributed by atoms with E-state index in [1.807, 2.05) is 0 Å². The van der Waals surface area contributed by atoms with Gasteiger partial charge in [-0.15, -0.1) is 0 Å². The van der Waals surface area contributed by atoms with E-state index < -0.39 is 24.4 Å². The van der Waals surface area contributed by atoms with Crippen LogP contribution in [0.2, 0.25) is 0 Å². The maximum absolute atomic E-state index is 14.0. The molecule has 1 unspecified atom stereocenters. The Balaban J connectivity index is 1.58. The fraction of sp³-hybridized carbons (Fsp3) is 0.526. The number of furan rings is 1. The molecule has 26 heavy (non-hydrogen) atoms. The second-order valence-corrected chi connectivity index (χ2v) is 7.20. The molecular formula is C19H22F2N2O3. The number of nitrogens with one attached hydrogen (secondary N) is 2. The normalized spacial score (nSPS) is 22.3. The smallest absolute Gasteiger partial charge is 0.280 e. The SMILES string of the molecule is Cc1oc2ccc(OCC3CC3)cc2c1C(=O)NC1CCNCC1(F)F. The molecule has 1 aliphatic carbocycles. The lowest BCUT2D eigenvalue weighted by atomic mass is 10.0. The molecule has 1 saturated carbocycles. The summed E-state index contributed by atoms with van der Waals surface area (Å²) in [6.07, 6.45) is 2.56. The summed E-state index contributed by atoms with van der Waals surface area (Å²) in [4.78, 5) is 12.7. The number of hydrogen-bond acceptors (Lipinski definition) is 4. The van der Waals surface area contributed by atoms with E-state index in [0.29, 0.717) is 47.1 Å². The van der Waals surface area contributed by atoms with Crippen molar-refractivity contribution < 1.29 is 22.7 Å². The van der Waals surface area contributed by atoms with Crippen molar-refractivity contribution in [2.75, 3.05) is 19.7 Å². The van der Waals surface area contributed by atoms with Crippen molar-refractivity contribution in [2.45, 2.75) is 38.2 Å². The molecule has 1 aromatic heterocycles. The van der Waals surface area contributed by atoms with Crippen molar-refractivity contribution in [3.8, 4) is 5.75 Å². The molecule has 4 rings (SSSR count). The fourth-order valence-electron chi connectivity index (χ4n) is 3.31. The number of hydrogen-bond donors (Lipinski definition) is 2. The molecule has 0 radical (unpaired) electrons. The third kappa shape index (κ3) is 3.40. The molecule has 2 N–H and O–H groups in total. The highest BCUT2D eigenvalue weighted by Crippen LogP contribution is 2.33. The number of fused-ring (bicyclic) bond motifs is 1. The summed E-state index contributed by atoms with van der Waals surface area (Å²) >= 11 is 0. The zero-order valence-corrected chi connectivity index (χ0v) is 14.6. The zero-order chi connectivity index (χ0) is 18.3. The minimum atomic E-state index is -2.97. The molecule has 1 aliphatic heterocycles. The molecule has 2 heterocycles. The van der Waals surface area contributed by atoms with Crippen LogP contribution in [0.4, 0.5) is 8.78 Å². The zero-order valence-electron chi connectivity index (χ0n) is 14.6. The molecule has 1 amide bonds. The first kappa shape index (κ1) is 17.3. The van der Waals surface area contributed by atoms with Gasteiger partial charge in [0.25, 0.3) is 11.8 Å². The minimum absolute atomic E-state index is 0.184. The standard InChI is InChI=1S/C19H22F2N2O3/c1-11-17(18(24)23-16-6-7-22-10-19(16,20)21)14-8-13(4-5-15(14)26-11)25-9-12-2-3-12/h4-5,8,12,16,22H,2-3,6-7,9-10H2,1H3,(H,23,24). The Morgan fingerprint density at radius 3 is 2.92 bits per heavy atom. The summed E-state index contributed by atoms with van der Waals surface area (Å²) in [5.74, 6) is -1.82. The molecule has 2 aliphatic rings. The van der Waals surface area contributed by atoms with Crippen molar-refractivity contribution >= 4 is 16.9 Å². The van der Waals surface area contributed by atoms with Crippen LogP contribution in [0, 0.1) is 12.8 Å². The molecule has 5 nitrogen and oxygen atoms in total. The number of rotatable bonds is 5. The van der Waals surface area contributed by atoms with Crippen LogP contribution in [0.1, 0.15) is 35.4 Å². The van der Waals surface area contributed by atoms with Gasteiger partial charge < -0.3 is 19.8 Å². The Hall–Kier alpha value is -2.15. The number of aryl methyl sites for hydroxylation is 1. The summed E-state index contributed by atoms with van der Waals surface area (Å²) in [7, 11) is 0. The summed E-state index contributed by atoms with van der Waals surface area (Å²) in [6, 6.07) is 4.12. The van der Waals surface area contributed by atoms with Crippen molar-refractivity contribution in [3.63, 3.8) is 0 Å². The van der Waals surface area contributed by atoms with Crippen LogP contribution >= 0.6 is 0 Å². The fourth-order valence-corrected chi connectivity index (χ4v) is 3.31. The molecule has 1 saturated heterocycles. The number of ether oxygens (including phenoxy) is 1. The summed E-state index contributed by atoms with van der Waals surface area (Å²) in [5.41, 5.74) is 0.842. The molecule has 1 atom stereocenters. The van der Waals surface area contributed by atoms with Crippen molar-refractivity contribution in [1.29, 1.82) is 0 Å². The van der Waals surface area contributed by atoms with E-state index in [-0.39, 0.29) is 6.42 Å². The van der Waals surface area contributed by atoms with Gasteiger partial charge in [-0.05, 0) is 56.8 Å². The van der Waals surface area contributed by atoms with Gasteiger partial charge in [-0.2, -0.15) is 0 Å². The van der Waals surface area contributed by atoms with Gasteiger partial charge in [0.1, 0.15) is 17.1 Å². The van der Waals surface area contributed by atoms with Gasteiger partial charge in [-0.3, -0.25) is 4.79 Å². The highest BCUT2D eigenvalue weighted by atomic mass is 19.3. The maximum Gasteiger partial charge on any atom is 0.280 e. The average Bonchev–Trinajstić information content (AvgIpc) is 3.36. The number of benzene rings is 1. The predicted octanol–water partition coefficient (Wildman–Crippen LogP) is 3.26. The first-order valence-corrected chi connectivity index (χ1v) is 8.99. The average molecular weight is 364 g/mol. The molecule has 140 valence electrons. The Bertz CT molecular complexity index is 830. The van der Waals surface area contributed by atoms with E-state index in [2.05, 4.69) is 10.6 Å². The molecule has 0 spiro atoms. The second-order valence-electron chi connectivity index (χ2n) is 7.20. The highest BCUT2D eigenvalue weighted by Gasteiger charge is 2.42. The maximum atomic E-state index is 14.0. The van der Waals surface area contributed by atoms with Crippen LogP contribution in [-0.2, 0) is 0 Å². The molecule has 1 aromatic carbocycles. The van der Waals surface area contributed by atoms with E-state index in [9.17, 15) is 13.6 Å². The Morgan fingerprint density at radius 1 is 1.38 bits per heavy atom. The Labute approximate surface area is 150 Å². The summed E-state index contributed by atoms with van der Waals surface area (Å²) in [5, 5.41) is 5.74. The number of halogens is 2. The summed E-state index contributed by atoms with van der Waals surface area (Å²) in [6.45, 7) is 2.35. The number of amides is 1. The number of alkyl halides is 2. The Morgan fingerprint density at radius 2 is 2.19 bits per heavy atom. The van der Waals surface area contributed by atoms with Gasteiger partial charge in [0.2, 0.25) is 0 Å².